The summed E-state index contributed by atoms with van der Waals surface area (Å²) in [5.41, 5.74) is 5.49. The fourth-order valence-corrected chi connectivity index (χ4v) is 5.34. The topological polar surface area (TPSA) is 104 Å². The molecule has 6 rings (SSSR count). The summed E-state index contributed by atoms with van der Waals surface area (Å²) in [7, 11) is 0. The van der Waals surface area contributed by atoms with Gasteiger partial charge >= 0.3 is 6.03 Å². The van der Waals surface area contributed by atoms with Crippen molar-refractivity contribution < 1.29 is 19.0 Å². The first-order valence-corrected chi connectivity index (χ1v) is 13.3. The Morgan fingerprint density at radius 2 is 1.87 bits per heavy atom. The molecule has 3 aliphatic rings. The van der Waals surface area contributed by atoms with Gasteiger partial charge in [0.1, 0.15) is 23.6 Å². The van der Waals surface area contributed by atoms with Gasteiger partial charge < -0.3 is 29.0 Å². The van der Waals surface area contributed by atoms with Gasteiger partial charge in [0.15, 0.2) is 0 Å². The van der Waals surface area contributed by atoms with E-state index in [2.05, 4.69) is 28.2 Å². The predicted octanol–water partition coefficient (Wildman–Crippen LogP) is 4.20. The molecule has 2 saturated heterocycles. The van der Waals surface area contributed by atoms with E-state index in [4.69, 9.17) is 14.2 Å². The number of benzene rings is 1. The first kappa shape index (κ1) is 24.5. The van der Waals surface area contributed by atoms with E-state index < -0.39 is 0 Å². The fraction of sp³-hybridized carbons (Fsp3) is 0.414. The van der Waals surface area contributed by atoms with E-state index in [0.717, 1.165) is 47.0 Å². The van der Waals surface area contributed by atoms with Gasteiger partial charge in [-0.05, 0) is 41.3 Å². The van der Waals surface area contributed by atoms with E-state index in [1.165, 1.54) is 5.57 Å². The number of morpholine rings is 1. The van der Waals surface area contributed by atoms with Gasteiger partial charge in [0.2, 0.25) is 0 Å². The van der Waals surface area contributed by atoms with Crippen LogP contribution in [0, 0.1) is 11.3 Å². The average Bonchev–Trinajstić information content (AvgIpc) is 3.41. The SMILES string of the molecule is N#Cc1cc(-c2c[nH]c3ncc(C4=CCN(C(=O)N5CCOCC5)CC4)cc23)ccc1OC1CCOCC1. The summed E-state index contributed by atoms with van der Waals surface area (Å²) >= 11 is 0. The molecule has 3 aliphatic heterocycles. The number of amides is 2. The van der Waals surface area contributed by atoms with E-state index in [0.29, 0.717) is 63.9 Å². The van der Waals surface area contributed by atoms with Crippen LogP contribution in [0.4, 0.5) is 4.79 Å². The zero-order valence-corrected chi connectivity index (χ0v) is 21.3. The van der Waals surface area contributed by atoms with Crippen LogP contribution >= 0.6 is 0 Å². The molecule has 9 nitrogen and oxygen atoms in total. The third kappa shape index (κ3) is 4.97. The molecular weight excluding hydrogens is 482 g/mol. The summed E-state index contributed by atoms with van der Waals surface area (Å²) in [6.07, 6.45) is 8.48. The van der Waals surface area contributed by atoms with E-state index in [-0.39, 0.29) is 12.1 Å². The maximum absolute atomic E-state index is 12.8. The maximum Gasteiger partial charge on any atom is 0.320 e. The van der Waals surface area contributed by atoms with Gasteiger partial charge in [-0.15, -0.1) is 0 Å². The van der Waals surface area contributed by atoms with Gasteiger partial charge in [0.25, 0.3) is 0 Å². The Labute approximate surface area is 221 Å². The van der Waals surface area contributed by atoms with Gasteiger partial charge in [0, 0.05) is 62.4 Å². The van der Waals surface area contributed by atoms with Gasteiger partial charge in [-0.3, -0.25) is 0 Å². The number of aromatic nitrogens is 2. The molecule has 2 fully saturated rings. The lowest BCUT2D eigenvalue weighted by atomic mass is 9.98. The molecule has 0 unspecified atom stereocenters. The smallest absolute Gasteiger partial charge is 0.320 e. The number of hydrogen-bond donors (Lipinski definition) is 1. The number of rotatable bonds is 4. The fourth-order valence-electron chi connectivity index (χ4n) is 5.34. The Morgan fingerprint density at radius 1 is 1.05 bits per heavy atom. The lowest BCUT2D eigenvalue weighted by molar-refractivity contribution is 0.0254. The highest BCUT2D eigenvalue weighted by Gasteiger charge is 2.25. The van der Waals surface area contributed by atoms with Gasteiger partial charge in [-0.2, -0.15) is 5.26 Å². The minimum Gasteiger partial charge on any atom is -0.489 e. The largest absolute Gasteiger partial charge is 0.489 e. The van der Waals surface area contributed by atoms with E-state index in [1.54, 1.807) is 0 Å². The Hall–Kier alpha value is -3.87. The summed E-state index contributed by atoms with van der Waals surface area (Å²) in [5.74, 6) is 0.616. The van der Waals surface area contributed by atoms with Crippen molar-refractivity contribution in [2.24, 2.45) is 0 Å². The maximum atomic E-state index is 12.8. The minimum atomic E-state index is 0.0744. The van der Waals surface area contributed by atoms with Crippen LogP contribution in [-0.4, -0.2) is 84.5 Å². The quantitative estimate of drug-likeness (QED) is 0.561. The third-order valence-electron chi connectivity index (χ3n) is 7.54. The highest BCUT2D eigenvalue weighted by molar-refractivity contribution is 5.95. The normalized spacial score (nSPS) is 18.8. The molecule has 9 heteroatoms. The number of H-pyrrole nitrogens is 1. The van der Waals surface area contributed by atoms with Crippen molar-refractivity contribution in [3.8, 4) is 22.9 Å². The van der Waals surface area contributed by atoms with E-state index >= 15 is 0 Å². The number of nitrogens with one attached hydrogen (secondary N) is 1. The summed E-state index contributed by atoms with van der Waals surface area (Å²) in [5, 5.41) is 10.8. The van der Waals surface area contributed by atoms with Gasteiger partial charge in [-0.1, -0.05) is 12.1 Å². The highest BCUT2D eigenvalue weighted by Crippen LogP contribution is 2.34. The van der Waals surface area contributed by atoms with Gasteiger partial charge in [0.05, 0.1) is 32.0 Å². The van der Waals surface area contributed by atoms with Crippen LogP contribution in [0.25, 0.3) is 27.7 Å². The zero-order valence-electron chi connectivity index (χ0n) is 21.3. The number of carbonyl (C=O) groups excluding carboxylic acids is 1. The molecule has 0 atom stereocenters. The molecule has 2 aromatic heterocycles. The number of aromatic amines is 1. The molecule has 0 aliphatic carbocycles. The van der Waals surface area contributed by atoms with Crippen LogP contribution < -0.4 is 4.74 Å². The van der Waals surface area contributed by atoms with Crippen LogP contribution in [0.5, 0.6) is 5.75 Å². The number of carbonyl (C=O) groups is 1. The summed E-state index contributed by atoms with van der Waals surface area (Å²) in [6, 6.07) is 10.3. The standard InChI is InChI=1S/C29H31N5O4/c30-17-22-15-21(1-2-27(22)38-24-5-11-36-12-6-24)26-19-32-28-25(26)16-23(18-31-28)20-3-7-33(8-4-20)29(35)34-9-13-37-14-10-34/h1-3,15-16,18-19,24H,4-14H2,(H,31,32). The van der Waals surface area contributed by atoms with Crippen LogP contribution in [0.15, 0.2) is 42.7 Å². The number of ether oxygens (including phenoxy) is 3. The second-order valence-corrected chi connectivity index (χ2v) is 9.88. The predicted molar refractivity (Wildman–Crippen MR) is 143 cm³/mol. The number of fused-ring (bicyclic) bond motifs is 1. The van der Waals surface area contributed by atoms with Crippen molar-refractivity contribution in [1.82, 2.24) is 19.8 Å². The summed E-state index contributed by atoms with van der Waals surface area (Å²) in [4.78, 5) is 24.5. The average molecular weight is 514 g/mol. The number of urea groups is 1. The van der Waals surface area contributed by atoms with Crippen molar-refractivity contribution >= 4 is 22.6 Å². The van der Waals surface area contributed by atoms with Crippen molar-refractivity contribution in [3.05, 3.63) is 53.9 Å². The molecule has 0 radical (unpaired) electrons. The molecular formula is C29H31N5O4. The Morgan fingerprint density at radius 3 is 2.63 bits per heavy atom. The molecule has 5 heterocycles. The molecule has 1 N–H and O–H groups in total. The lowest BCUT2D eigenvalue weighted by Gasteiger charge is -2.34. The third-order valence-corrected chi connectivity index (χ3v) is 7.54. The number of pyridine rings is 1. The molecule has 38 heavy (non-hydrogen) atoms. The second kappa shape index (κ2) is 10.9. The Balaban J connectivity index is 1.22. The Kier molecular flexibility index (Phi) is 6.99. The lowest BCUT2D eigenvalue weighted by Crippen LogP contribution is -2.49. The molecule has 2 amide bonds. The van der Waals surface area contributed by atoms with Crippen molar-refractivity contribution in [3.63, 3.8) is 0 Å². The van der Waals surface area contributed by atoms with Crippen molar-refractivity contribution in [2.75, 3.05) is 52.6 Å². The number of nitrogens with zero attached hydrogens (tertiary/aromatic N) is 4. The van der Waals surface area contributed by atoms with Crippen molar-refractivity contribution in [2.45, 2.75) is 25.4 Å². The first-order chi connectivity index (χ1) is 18.7. The first-order valence-electron chi connectivity index (χ1n) is 13.3. The monoisotopic (exact) mass is 513 g/mol. The molecule has 196 valence electrons. The molecule has 0 bridgehead atoms. The minimum absolute atomic E-state index is 0.0744. The summed E-state index contributed by atoms with van der Waals surface area (Å²) < 4.78 is 16.9. The molecule has 0 spiro atoms. The van der Waals surface area contributed by atoms with E-state index in [1.807, 2.05) is 40.4 Å². The van der Waals surface area contributed by atoms with E-state index in [9.17, 15) is 10.1 Å². The zero-order chi connectivity index (χ0) is 25.9. The molecule has 3 aromatic rings. The number of hydrogen-bond acceptors (Lipinski definition) is 6. The molecule has 1 aromatic carbocycles. The summed E-state index contributed by atoms with van der Waals surface area (Å²) in [6.45, 7) is 5.16. The number of nitriles is 1. The van der Waals surface area contributed by atoms with Crippen LogP contribution in [0.3, 0.4) is 0 Å². The van der Waals surface area contributed by atoms with Crippen LogP contribution in [-0.2, 0) is 9.47 Å². The Bertz CT molecular complexity index is 1400. The molecule has 0 saturated carbocycles. The van der Waals surface area contributed by atoms with Crippen LogP contribution in [0.2, 0.25) is 0 Å². The second-order valence-electron chi connectivity index (χ2n) is 9.88. The van der Waals surface area contributed by atoms with Crippen LogP contribution in [0.1, 0.15) is 30.4 Å². The highest BCUT2D eigenvalue weighted by atomic mass is 16.5. The van der Waals surface area contributed by atoms with Gasteiger partial charge in [-0.25, -0.2) is 9.78 Å². The van der Waals surface area contributed by atoms with Crippen molar-refractivity contribution in [1.29, 1.82) is 5.26 Å².